The molecule has 50 heteroatoms. The van der Waals surface area contributed by atoms with Crippen LogP contribution < -0.4 is 151 Å². The molecule has 130 heavy (non-hydrogen) atoms. The summed E-state index contributed by atoms with van der Waals surface area (Å²) in [5.74, 6) is -0.440. The molecule has 0 saturated heterocycles. The second-order valence-corrected chi connectivity index (χ2v) is 28.7. The van der Waals surface area contributed by atoms with Crippen LogP contribution in [0.3, 0.4) is 0 Å². The van der Waals surface area contributed by atoms with Crippen molar-refractivity contribution < 1.29 is 257 Å². The number of oxazole rings is 6. The third-order valence-corrected chi connectivity index (χ3v) is 14.6. The molecular weight excluding hydrogens is 1780 g/mol. The van der Waals surface area contributed by atoms with Crippen molar-refractivity contribution in [3.8, 4) is 29.4 Å². The van der Waals surface area contributed by atoms with Crippen molar-refractivity contribution >= 4 is 53.9 Å². The van der Waals surface area contributed by atoms with Crippen LogP contribution in [0.2, 0.25) is 5.15 Å². The van der Waals surface area contributed by atoms with E-state index < -0.39 is 89.2 Å². The smallest absolute Gasteiger partial charge is 1.00 e. The molecule has 1 unspecified atom stereocenters. The Morgan fingerprint density at radius 3 is 0.738 bits per heavy atom. The first-order chi connectivity index (χ1) is 59.3. The molecule has 0 aliphatic carbocycles. The molecule has 684 valence electrons. The van der Waals surface area contributed by atoms with Gasteiger partial charge in [-0.1, -0.05) is 11.6 Å². The van der Waals surface area contributed by atoms with Crippen LogP contribution in [-0.2, 0) is 28.6 Å². The van der Waals surface area contributed by atoms with Crippen LogP contribution in [0.15, 0.2) is 138 Å². The molecule has 0 spiro atoms. The molecule has 4 N–H and O–H groups in total. The SMILES string of the molecule is CC(O)c1ncco1.COC(=O)c1ncc(O[C@@H](C)c2ncco2)nc1C.Cc1nc(Cl)cnc1C(=O)OC(C)(C)C.Cc1nc(O[C@@H](C)c2ncco2)cnc1C(=O)O.Cc1nc(O[C@@H](C)c2ncco2)cnc1C(=O)O.Cc1nc(O[C@@H](C)c2ncco2)cnc1C(=O)OC(C)(C)C.Cc1nc(O[C@H](C)c2ncco2)cnc1C(=O)OC(C)(C)C.O=CO[O-].[H-].[K+].[K+].[Li+].[OH-]. The van der Waals surface area contributed by atoms with Crippen LogP contribution in [0.25, 0.3) is 0 Å². The van der Waals surface area contributed by atoms with Crippen LogP contribution in [0.1, 0.15) is 274 Å². The summed E-state index contributed by atoms with van der Waals surface area (Å²) in [7, 11) is 1.29. The fourth-order valence-electron chi connectivity index (χ4n) is 9.11. The number of aliphatic hydroxyl groups is 1. The van der Waals surface area contributed by atoms with Gasteiger partial charge < -0.3 is 102 Å². The standard InChI is InChI=1S/2C15H19N3O4.C12H13N3O4.2C11H11N3O4.C10H13ClN2O2.C5H7NO2.CH2O3.2K.Li.H2O.H/c2*1-9-12(14(19)22-15(3,4)5)17-8-11(18-9)21-10(2)13-16-6-7-20-13;1-7-10(12(16)17-3)14-6-9(15-7)19-8(2)11-13-4-5-18-11;2*1-6-9(11(15)16)13-5-8(14-6)18-7(2)10-12-3-4-17-10;1-6-8(12-5-7(11)13-6)9(14)15-10(2,3)4;1-4(7)5-6-2-3-8-5;2-1-4-3;;;;;/h2*6-8,10H,1-5H3;4-6,8H,1-3H3;2*3-5,7H,1-2H3,(H,15,16);5H,1-4H3;2-4,7H,1H3;1,3H;;;;1H2;/q;;;;;;;;3*+1;;-1/p-2/t2*10-;8-;2*7-;;;;;;;;/m10000......../s1. The Morgan fingerprint density at radius 1 is 0.377 bits per heavy atom. The Labute approximate surface area is 847 Å². The van der Waals surface area contributed by atoms with Crippen LogP contribution in [0.5, 0.6) is 29.4 Å². The maximum Gasteiger partial charge on any atom is 1.00 e. The summed E-state index contributed by atoms with van der Waals surface area (Å²) in [5.41, 5.74) is 1.18. The molecule has 0 saturated carbocycles. The molecule has 12 aromatic rings. The number of ether oxygens (including phenoxy) is 9. The molecule has 0 aliphatic rings. The van der Waals surface area contributed by atoms with Crippen molar-refractivity contribution in [1.29, 1.82) is 0 Å². The molecule has 0 amide bonds. The number of nitrogens with zero attached hydrogens (tertiary/aromatic N) is 18. The summed E-state index contributed by atoms with van der Waals surface area (Å²) in [6.45, 7) is 36.2. The van der Waals surface area contributed by atoms with E-state index in [1.165, 1.54) is 119 Å². The first-order valence-electron chi connectivity index (χ1n) is 37.3. The van der Waals surface area contributed by atoms with Crippen LogP contribution in [-0.4, -0.2) is 177 Å². The van der Waals surface area contributed by atoms with Crippen LogP contribution >= 0.6 is 11.6 Å². The Morgan fingerprint density at radius 2 is 0.577 bits per heavy atom. The fourth-order valence-corrected chi connectivity index (χ4v) is 9.29. The number of aryl methyl sites for hydroxylation is 6. The van der Waals surface area contributed by atoms with E-state index in [4.69, 9.17) is 101 Å². The summed E-state index contributed by atoms with van der Waals surface area (Å²) < 4.78 is 78.2. The van der Waals surface area contributed by atoms with Gasteiger partial charge in [0, 0.05) is 0 Å². The number of carboxylic acids is 2. The van der Waals surface area contributed by atoms with Crippen molar-refractivity contribution in [3.05, 3.63) is 221 Å². The minimum absolute atomic E-state index is 0. The molecule has 6 atom stereocenters. The molecule has 0 fully saturated rings. The molecule has 0 radical (unpaired) electrons. The predicted octanol–water partition coefficient (Wildman–Crippen LogP) is 3.16. The predicted molar refractivity (Wildman–Crippen MR) is 431 cm³/mol. The number of rotatable bonds is 23. The van der Waals surface area contributed by atoms with Gasteiger partial charge in [0.2, 0.25) is 64.7 Å². The van der Waals surface area contributed by atoms with Crippen molar-refractivity contribution in [2.75, 3.05) is 7.11 Å². The topological polar surface area (TPSA) is 636 Å². The van der Waals surface area contributed by atoms with Crippen molar-refractivity contribution in [1.82, 2.24) is 89.7 Å². The summed E-state index contributed by atoms with van der Waals surface area (Å²) in [5, 5.41) is 35.1. The molecule has 0 aromatic carbocycles. The van der Waals surface area contributed by atoms with E-state index in [2.05, 4.69) is 99.3 Å². The third-order valence-electron chi connectivity index (χ3n) is 14.4. The van der Waals surface area contributed by atoms with E-state index in [0.29, 0.717) is 69.5 Å². The summed E-state index contributed by atoms with van der Waals surface area (Å²) in [6, 6.07) is 0. The monoisotopic (exact) mass is 1880 g/mol. The Hall–Kier alpha value is -10.9. The normalized spacial score (nSPS) is 11.7. The number of carboxylic acid groups (broad SMARTS) is 2. The van der Waals surface area contributed by atoms with Gasteiger partial charge in [0.05, 0.1) is 116 Å². The number of carbonyl (C=O) groups is 7. The largest absolute Gasteiger partial charge is 1.00 e. The van der Waals surface area contributed by atoms with Gasteiger partial charge in [0.15, 0.2) is 64.7 Å². The van der Waals surface area contributed by atoms with E-state index in [1.807, 2.05) is 0 Å². The average molecular weight is 1880 g/mol. The maximum atomic E-state index is 12.0. The minimum Gasteiger partial charge on any atom is -1.00 e. The van der Waals surface area contributed by atoms with E-state index in [0.717, 1.165) is 0 Å². The molecule has 0 aliphatic heterocycles. The van der Waals surface area contributed by atoms with Gasteiger partial charge in [0.1, 0.15) is 65.6 Å². The van der Waals surface area contributed by atoms with Gasteiger partial charge in [-0.25, -0.2) is 118 Å². The second kappa shape index (κ2) is 57.3. The molecule has 12 rings (SSSR count). The average Bonchev–Trinajstić information content (AvgIpc) is 1.55. The zero-order valence-corrected chi connectivity index (χ0v) is 83.0. The number of esters is 4. The Kier molecular flexibility index (Phi) is 51.6. The molecule has 0 bridgehead atoms. The number of aromatic nitrogens is 18. The van der Waals surface area contributed by atoms with Crippen molar-refractivity contribution in [2.24, 2.45) is 0 Å². The first kappa shape index (κ1) is 117. The van der Waals surface area contributed by atoms with Crippen molar-refractivity contribution in [2.45, 2.75) is 199 Å². The quantitative estimate of drug-likeness (QED) is 0.0207. The fraction of sp³-hybridized carbons (Fsp3) is 0.388. The Balaban J connectivity index is 0.00000150. The summed E-state index contributed by atoms with van der Waals surface area (Å²) >= 11 is 5.63. The van der Waals surface area contributed by atoms with Gasteiger partial charge in [0.25, 0.3) is 6.47 Å². The summed E-state index contributed by atoms with van der Waals surface area (Å²) in [4.78, 5) is 151. The molecule has 12 aromatic heterocycles. The van der Waals surface area contributed by atoms with E-state index in [1.54, 1.807) is 145 Å². The number of methoxy groups -OCH3 is 1. The number of hydrogen-bond acceptors (Lipinski definition) is 44. The Bertz CT molecular complexity index is 5190. The van der Waals surface area contributed by atoms with Crippen molar-refractivity contribution in [3.63, 3.8) is 0 Å². The summed E-state index contributed by atoms with van der Waals surface area (Å²) in [6.07, 6.45) is 23.2. The number of carbonyl (C=O) groups excluding carboxylic acids is 5. The van der Waals surface area contributed by atoms with Gasteiger partial charge >= 0.3 is 157 Å². The number of aliphatic hydroxyl groups excluding tert-OH is 1. The molecule has 12 heterocycles. The van der Waals surface area contributed by atoms with Gasteiger partial charge in [-0.3, -0.25) is 4.79 Å². The molecular formula is C80H96ClK2LiN18O28. The number of aromatic carboxylic acids is 2. The zero-order valence-electron chi connectivity index (χ0n) is 76.9. The first-order valence-corrected chi connectivity index (χ1v) is 37.7. The van der Waals surface area contributed by atoms with E-state index >= 15 is 0 Å². The van der Waals surface area contributed by atoms with E-state index in [-0.39, 0.29) is 204 Å². The molecule has 46 nitrogen and oxygen atoms in total. The third kappa shape index (κ3) is 41.4. The maximum absolute atomic E-state index is 12.0. The van der Waals surface area contributed by atoms with E-state index in [9.17, 15) is 28.8 Å². The van der Waals surface area contributed by atoms with Gasteiger partial charge in [-0.15, -0.1) is 0 Å². The van der Waals surface area contributed by atoms with Crippen LogP contribution in [0, 0.1) is 41.5 Å². The van der Waals surface area contributed by atoms with Gasteiger partial charge in [-0.05, 0) is 145 Å². The zero-order chi connectivity index (χ0) is 93.8. The second-order valence-electron chi connectivity index (χ2n) is 28.3. The van der Waals surface area contributed by atoms with Crippen LogP contribution in [0.4, 0.5) is 0 Å². The number of hydrogen-bond donors (Lipinski definition) is 3. The van der Waals surface area contributed by atoms with Gasteiger partial charge in [-0.2, -0.15) is 0 Å². The minimum atomic E-state index is -1.12. The number of halogens is 1.